The number of H-pyrrole nitrogens is 1. The fraction of sp³-hybridized carbons (Fsp3) is 0.474. The van der Waals surface area contributed by atoms with Gasteiger partial charge in [-0.1, -0.05) is 12.1 Å². The van der Waals surface area contributed by atoms with Gasteiger partial charge in [0.25, 0.3) is 5.91 Å². The molecule has 1 aromatic carbocycles. The minimum absolute atomic E-state index is 0.200. The second kappa shape index (κ2) is 7.83. The molecular weight excluding hydrogens is 373 g/mol. The fourth-order valence-corrected chi connectivity index (χ4v) is 3.44. The van der Waals surface area contributed by atoms with Crippen LogP contribution in [-0.4, -0.2) is 47.4 Å². The Bertz CT molecular complexity index is 854. The molecule has 28 heavy (non-hydrogen) atoms. The average molecular weight is 396 g/mol. The first-order chi connectivity index (χ1) is 13.2. The summed E-state index contributed by atoms with van der Waals surface area (Å²) in [6, 6.07) is 3.48. The first-order valence-electron chi connectivity index (χ1n) is 8.97. The molecule has 0 saturated heterocycles. The Morgan fingerprint density at radius 1 is 1.29 bits per heavy atom. The number of hydrogen-bond donors (Lipinski definition) is 2. The lowest BCUT2D eigenvalue weighted by molar-refractivity contribution is -0.153. The third-order valence-corrected chi connectivity index (χ3v) is 4.68. The molecule has 2 heterocycles. The topological polar surface area (TPSA) is 70.2 Å². The Balaban J connectivity index is 1.72. The molecule has 9 heteroatoms. The largest absolute Gasteiger partial charge is 0.484 e. The molecule has 0 atom stereocenters. The van der Waals surface area contributed by atoms with Crippen molar-refractivity contribution in [3.05, 3.63) is 45.8 Å². The smallest absolute Gasteiger partial charge is 0.422 e. The van der Waals surface area contributed by atoms with Gasteiger partial charge in [-0.25, -0.2) is 0 Å². The molecule has 1 aliphatic rings. The van der Waals surface area contributed by atoms with E-state index in [1.54, 1.807) is 37.9 Å². The normalized spacial score (nSPS) is 13.9. The minimum atomic E-state index is -4.39. The van der Waals surface area contributed by atoms with Crippen molar-refractivity contribution in [3.63, 3.8) is 0 Å². The van der Waals surface area contributed by atoms with Gasteiger partial charge in [-0.15, -0.1) is 0 Å². The molecule has 0 saturated carbocycles. The number of rotatable bonds is 5. The summed E-state index contributed by atoms with van der Waals surface area (Å²) in [4.78, 5) is 14.3. The summed E-state index contributed by atoms with van der Waals surface area (Å²) >= 11 is 0. The lowest BCUT2D eigenvalue weighted by atomic mass is 10.0. The van der Waals surface area contributed by atoms with Crippen molar-refractivity contribution in [2.45, 2.75) is 39.5 Å². The summed E-state index contributed by atoms with van der Waals surface area (Å²) in [7, 11) is 1.68. The van der Waals surface area contributed by atoms with E-state index in [-0.39, 0.29) is 11.7 Å². The first kappa shape index (κ1) is 20.2. The highest BCUT2D eigenvalue weighted by Crippen LogP contribution is 2.28. The summed E-state index contributed by atoms with van der Waals surface area (Å²) in [6.45, 7) is 3.82. The average Bonchev–Trinajstić information content (AvgIpc) is 3.03. The van der Waals surface area contributed by atoms with E-state index in [0.29, 0.717) is 29.9 Å². The van der Waals surface area contributed by atoms with Crippen molar-refractivity contribution in [2.24, 2.45) is 0 Å². The molecule has 1 amide bonds. The second-order valence-electron chi connectivity index (χ2n) is 7.08. The minimum Gasteiger partial charge on any atom is -0.484 e. The highest BCUT2D eigenvalue weighted by molar-refractivity contribution is 5.93. The van der Waals surface area contributed by atoms with Crippen molar-refractivity contribution in [1.82, 2.24) is 20.4 Å². The molecule has 1 aromatic heterocycles. The van der Waals surface area contributed by atoms with Gasteiger partial charge in [0.15, 0.2) is 12.3 Å². The number of benzene rings is 1. The Kier molecular flexibility index (Phi) is 5.64. The van der Waals surface area contributed by atoms with Crippen LogP contribution in [0.1, 0.15) is 38.4 Å². The van der Waals surface area contributed by atoms with Gasteiger partial charge in [-0.2, -0.15) is 18.3 Å². The maximum absolute atomic E-state index is 12.8. The second-order valence-corrected chi connectivity index (χ2v) is 7.08. The van der Waals surface area contributed by atoms with Crippen LogP contribution in [0.2, 0.25) is 0 Å². The van der Waals surface area contributed by atoms with Crippen LogP contribution in [0.15, 0.2) is 12.1 Å². The van der Waals surface area contributed by atoms with E-state index in [1.165, 1.54) is 0 Å². The first-order valence-corrected chi connectivity index (χ1v) is 8.97. The van der Waals surface area contributed by atoms with E-state index in [9.17, 15) is 18.0 Å². The van der Waals surface area contributed by atoms with E-state index in [4.69, 9.17) is 4.74 Å². The third-order valence-electron chi connectivity index (χ3n) is 4.68. The molecule has 6 nitrogen and oxygen atoms in total. The Labute approximate surface area is 161 Å². The molecule has 2 N–H and O–H groups in total. The molecule has 0 radical (unpaired) electrons. The molecule has 152 valence electrons. The Morgan fingerprint density at radius 2 is 1.96 bits per heavy atom. The molecule has 1 aliphatic heterocycles. The van der Waals surface area contributed by atoms with Crippen LogP contribution in [0.25, 0.3) is 0 Å². The van der Waals surface area contributed by atoms with Gasteiger partial charge >= 0.3 is 6.18 Å². The van der Waals surface area contributed by atoms with Crippen LogP contribution in [0, 0.1) is 13.8 Å². The zero-order chi connectivity index (χ0) is 20.5. The summed E-state index contributed by atoms with van der Waals surface area (Å²) in [5.41, 5.74) is 4.29. The van der Waals surface area contributed by atoms with E-state index in [2.05, 4.69) is 15.5 Å². The number of aromatic nitrogens is 2. The fourth-order valence-electron chi connectivity index (χ4n) is 3.44. The molecule has 2 aromatic rings. The van der Waals surface area contributed by atoms with E-state index < -0.39 is 12.8 Å². The predicted molar refractivity (Wildman–Crippen MR) is 97.3 cm³/mol. The number of amides is 1. The lowest BCUT2D eigenvalue weighted by Crippen LogP contribution is -2.30. The number of nitrogens with zero attached hydrogens (tertiary/aromatic N) is 2. The van der Waals surface area contributed by atoms with Crippen molar-refractivity contribution >= 4 is 5.91 Å². The maximum Gasteiger partial charge on any atom is 0.422 e. The van der Waals surface area contributed by atoms with Gasteiger partial charge < -0.3 is 15.0 Å². The zero-order valence-corrected chi connectivity index (χ0v) is 16.0. The van der Waals surface area contributed by atoms with Crippen LogP contribution < -0.4 is 10.1 Å². The van der Waals surface area contributed by atoms with Crippen LogP contribution >= 0.6 is 0 Å². The summed E-state index contributed by atoms with van der Waals surface area (Å²) in [6.07, 6.45) is -3.58. The van der Waals surface area contributed by atoms with Crippen LogP contribution in [0.3, 0.4) is 0 Å². The molecule has 0 aliphatic carbocycles. The van der Waals surface area contributed by atoms with Crippen LogP contribution in [0.4, 0.5) is 13.2 Å². The Hall–Kier alpha value is -2.55. The van der Waals surface area contributed by atoms with Gasteiger partial charge in [-0.05, 0) is 30.5 Å². The zero-order valence-electron chi connectivity index (χ0n) is 16.0. The van der Waals surface area contributed by atoms with Gasteiger partial charge in [0.05, 0.1) is 0 Å². The number of nitrogens with one attached hydrogen (secondary N) is 2. The molecule has 0 unspecified atom stereocenters. The molecule has 0 spiro atoms. The SMILES string of the molecule is Cc1cc(CN(C)C(=O)c2n[nH]c3c2CNCC3)cc(C)c1OCC(F)(F)F. The highest BCUT2D eigenvalue weighted by Gasteiger charge is 2.29. The number of fused-ring (bicyclic) bond motifs is 1. The van der Waals surface area contributed by atoms with E-state index in [0.717, 1.165) is 29.8 Å². The molecule has 0 bridgehead atoms. The van der Waals surface area contributed by atoms with Gasteiger partial charge in [0, 0.05) is 44.4 Å². The van der Waals surface area contributed by atoms with Gasteiger partial charge in [-0.3, -0.25) is 9.89 Å². The van der Waals surface area contributed by atoms with Crippen molar-refractivity contribution in [1.29, 1.82) is 0 Å². The quantitative estimate of drug-likeness (QED) is 0.816. The van der Waals surface area contributed by atoms with E-state index in [1.807, 2.05) is 0 Å². The molecule has 3 rings (SSSR count). The molecular formula is C19H23F3N4O2. The van der Waals surface area contributed by atoms with Crippen LogP contribution in [0.5, 0.6) is 5.75 Å². The Morgan fingerprint density at radius 3 is 2.61 bits per heavy atom. The standard InChI is InChI=1S/C19H23F3N4O2/c1-11-6-13(7-12(2)17(11)28-10-19(20,21)22)9-26(3)18(27)16-14-8-23-5-4-15(14)24-25-16/h6-7,23H,4-5,8-10H2,1-3H3,(H,24,25). The van der Waals surface area contributed by atoms with E-state index >= 15 is 0 Å². The van der Waals surface area contributed by atoms with Crippen molar-refractivity contribution in [2.75, 3.05) is 20.2 Å². The van der Waals surface area contributed by atoms with Crippen LogP contribution in [-0.2, 0) is 19.5 Å². The summed E-state index contributed by atoms with van der Waals surface area (Å²) < 4.78 is 42.2. The number of ether oxygens (including phenoxy) is 1. The third kappa shape index (κ3) is 4.46. The number of alkyl halides is 3. The monoisotopic (exact) mass is 396 g/mol. The van der Waals surface area contributed by atoms with Crippen molar-refractivity contribution in [3.8, 4) is 5.75 Å². The maximum atomic E-state index is 12.8. The lowest BCUT2D eigenvalue weighted by Gasteiger charge is -2.20. The summed E-state index contributed by atoms with van der Waals surface area (Å²) in [5.74, 6) is 0.0244. The number of carbonyl (C=O) groups is 1. The highest BCUT2D eigenvalue weighted by atomic mass is 19.4. The number of carbonyl (C=O) groups excluding carboxylic acids is 1. The predicted octanol–water partition coefficient (Wildman–Crippen LogP) is 2.89. The van der Waals surface area contributed by atoms with Gasteiger partial charge in [0.2, 0.25) is 0 Å². The number of aromatic amines is 1. The molecule has 0 fully saturated rings. The number of halogens is 3. The summed E-state index contributed by atoms with van der Waals surface area (Å²) in [5, 5.41) is 10.3. The number of hydrogen-bond acceptors (Lipinski definition) is 4. The number of aryl methyl sites for hydroxylation is 2. The van der Waals surface area contributed by atoms with Gasteiger partial charge in [0.1, 0.15) is 5.75 Å². The van der Waals surface area contributed by atoms with Crippen molar-refractivity contribution < 1.29 is 22.7 Å².